The number of rotatable bonds is 10. The highest BCUT2D eigenvalue weighted by Gasteiger charge is 2.43. The molecule has 9 heteroatoms. The van der Waals surface area contributed by atoms with E-state index in [1.54, 1.807) is 33.5 Å². The number of nitrogens with zero attached hydrogens (tertiary/aromatic N) is 2. The molecule has 0 spiro atoms. The van der Waals surface area contributed by atoms with Gasteiger partial charge in [-0.2, -0.15) is 0 Å². The van der Waals surface area contributed by atoms with Gasteiger partial charge in [-0.3, -0.25) is 4.79 Å². The summed E-state index contributed by atoms with van der Waals surface area (Å²) in [6, 6.07) is 23.8. The summed E-state index contributed by atoms with van der Waals surface area (Å²) in [5.41, 5.74) is 7.32. The fourth-order valence-corrected chi connectivity index (χ4v) is 6.70. The Bertz CT molecular complexity index is 1380. The lowest BCUT2D eigenvalue weighted by molar-refractivity contribution is -0.0374. The van der Waals surface area contributed by atoms with Crippen molar-refractivity contribution in [3.63, 3.8) is 0 Å². The predicted molar refractivity (Wildman–Crippen MR) is 164 cm³/mol. The minimum Gasteiger partial charge on any atom is -0.493 e. The number of amides is 2. The first-order chi connectivity index (χ1) is 20.8. The van der Waals surface area contributed by atoms with Crippen molar-refractivity contribution < 1.29 is 28.5 Å². The molecule has 0 bridgehead atoms. The molecule has 2 amide bonds. The molecule has 1 unspecified atom stereocenters. The molecule has 2 saturated heterocycles. The van der Waals surface area contributed by atoms with Crippen molar-refractivity contribution in [3.05, 3.63) is 89.5 Å². The molecule has 2 heterocycles. The van der Waals surface area contributed by atoms with Crippen LogP contribution in [0.2, 0.25) is 0 Å². The molecule has 0 aromatic heterocycles. The summed E-state index contributed by atoms with van der Waals surface area (Å²) in [7, 11) is 4.64. The van der Waals surface area contributed by atoms with Gasteiger partial charge in [-0.1, -0.05) is 60.7 Å². The van der Waals surface area contributed by atoms with Gasteiger partial charge in [0.05, 0.1) is 21.3 Å². The molecule has 9 nitrogen and oxygen atoms in total. The lowest BCUT2D eigenvalue weighted by atomic mass is 9.76. The summed E-state index contributed by atoms with van der Waals surface area (Å²) in [5, 5.41) is 0. The zero-order valence-corrected chi connectivity index (χ0v) is 25.2. The van der Waals surface area contributed by atoms with Crippen molar-refractivity contribution in [3.8, 4) is 17.2 Å². The van der Waals surface area contributed by atoms with E-state index in [9.17, 15) is 9.59 Å². The normalized spacial score (nSPS) is 19.9. The summed E-state index contributed by atoms with van der Waals surface area (Å²) in [6.45, 7) is 3.68. The van der Waals surface area contributed by atoms with Gasteiger partial charge in [0.2, 0.25) is 5.75 Å². The summed E-state index contributed by atoms with van der Waals surface area (Å²) in [4.78, 5) is 30.0. The SMILES string of the molecule is COc1cc(C(=O)N2CCC(CCN3CCC(OC(N)=O)(c4ccccc4)CC3)(c3ccccc3)C2)cc(OC)c1OC. The third-order valence-corrected chi connectivity index (χ3v) is 9.11. The van der Waals surface area contributed by atoms with Crippen LogP contribution in [0.1, 0.15) is 47.2 Å². The summed E-state index contributed by atoms with van der Waals surface area (Å²) < 4.78 is 22.2. The number of benzene rings is 3. The van der Waals surface area contributed by atoms with Gasteiger partial charge in [0.1, 0.15) is 5.60 Å². The highest BCUT2D eigenvalue weighted by atomic mass is 16.6. The van der Waals surface area contributed by atoms with Crippen molar-refractivity contribution in [2.24, 2.45) is 5.73 Å². The minimum absolute atomic E-state index is 0.0636. The average Bonchev–Trinajstić information content (AvgIpc) is 3.49. The van der Waals surface area contributed by atoms with Gasteiger partial charge in [0.15, 0.2) is 11.5 Å². The third-order valence-electron chi connectivity index (χ3n) is 9.11. The largest absolute Gasteiger partial charge is 0.493 e. The molecule has 228 valence electrons. The molecule has 2 N–H and O–H groups in total. The van der Waals surface area contributed by atoms with Gasteiger partial charge >= 0.3 is 6.09 Å². The predicted octanol–water partition coefficient (Wildman–Crippen LogP) is 4.97. The van der Waals surface area contributed by atoms with Gasteiger partial charge in [-0.25, -0.2) is 4.79 Å². The Balaban J connectivity index is 1.32. The monoisotopic (exact) mass is 587 g/mol. The van der Waals surface area contributed by atoms with Gasteiger partial charge < -0.3 is 34.5 Å². The number of likely N-dealkylation sites (tertiary alicyclic amines) is 2. The van der Waals surface area contributed by atoms with E-state index in [-0.39, 0.29) is 11.3 Å². The molecule has 0 saturated carbocycles. The average molecular weight is 588 g/mol. The standard InChI is InChI=1S/C34H41N3O6/c1-40-28-22-25(23-29(41-2)30(28)42-3)31(38)37-21-15-33(24-37,26-10-6-4-7-11-26)14-18-36-19-16-34(17-20-36,43-32(35)39)27-12-8-5-9-13-27/h4-13,22-23H,14-21,24H2,1-3H3,(H2,35,39). The Morgan fingerprint density at radius 1 is 0.791 bits per heavy atom. The van der Waals surface area contributed by atoms with Crippen LogP contribution in [-0.2, 0) is 15.8 Å². The Kier molecular flexibility index (Phi) is 9.11. The zero-order chi connectivity index (χ0) is 30.5. The Morgan fingerprint density at radius 2 is 1.37 bits per heavy atom. The highest BCUT2D eigenvalue weighted by molar-refractivity contribution is 5.96. The second kappa shape index (κ2) is 13.0. The maximum Gasteiger partial charge on any atom is 0.405 e. The first kappa shape index (κ1) is 30.2. The molecule has 2 aliphatic heterocycles. The van der Waals surface area contributed by atoms with Gasteiger partial charge in [-0.05, 0) is 42.6 Å². The Morgan fingerprint density at radius 3 is 1.91 bits per heavy atom. The fourth-order valence-electron chi connectivity index (χ4n) is 6.70. The molecular weight excluding hydrogens is 546 g/mol. The lowest BCUT2D eigenvalue weighted by Gasteiger charge is -2.42. The summed E-state index contributed by atoms with van der Waals surface area (Å²) in [5.74, 6) is 1.30. The fraction of sp³-hybridized carbons (Fsp3) is 0.412. The number of methoxy groups -OCH3 is 3. The number of ether oxygens (including phenoxy) is 4. The molecule has 5 rings (SSSR count). The second-order valence-electron chi connectivity index (χ2n) is 11.4. The number of piperidine rings is 1. The molecule has 2 aliphatic rings. The van der Waals surface area contributed by atoms with Crippen LogP contribution >= 0.6 is 0 Å². The number of hydrogen-bond acceptors (Lipinski definition) is 7. The Hall–Kier alpha value is -4.24. The molecule has 3 aromatic rings. The Labute approximate surface area is 253 Å². The van der Waals surface area contributed by atoms with Gasteiger partial charge in [-0.15, -0.1) is 0 Å². The first-order valence-corrected chi connectivity index (χ1v) is 14.7. The second-order valence-corrected chi connectivity index (χ2v) is 11.4. The maximum absolute atomic E-state index is 13.8. The number of primary amides is 1. The van der Waals surface area contributed by atoms with E-state index in [1.165, 1.54) is 5.56 Å². The molecular formula is C34H41N3O6. The van der Waals surface area contributed by atoms with E-state index >= 15 is 0 Å². The van der Waals surface area contributed by atoms with Crippen LogP contribution in [-0.4, -0.2) is 75.9 Å². The minimum atomic E-state index is -0.747. The van der Waals surface area contributed by atoms with Crippen LogP contribution in [0.3, 0.4) is 0 Å². The van der Waals surface area contributed by atoms with Crippen molar-refractivity contribution in [1.82, 2.24) is 9.80 Å². The number of carbonyl (C=O) groups is 2. The molecule has 0 aliphatic carbocycles. The van der Waals surface area contributed by atoms with Crippen LogP contribution in [0.25, 0.3) is 0 Å². The van der Waals surface area contributed by atoms with E-state index in [2.05, 4.69) is 29.2 Å². The van der Waals surface area contributed by atoms with Gasteiger partial charge in [0, 0.05) is 50.0 Å². The van der Waals surface area contributed by atoms with Gasteiger partial charge in [0.25, 0.3) is 5.91 Å². The zero-order valence-electron chi connectivity index (χ0n) is 25.2. The highest BCUT2D eigenvalue weighted by Crippen LogP contribution is 2.42. The molecule has 43 heavy (non-hydrogen) atoms. The molecule has 2 fully saturated rings. The summed E-state index contributed by atoms with van der Waals surface area (Å²) in [6.07, 6.45) is 2.35. The topological polar surface area (TPSA) is 104 Å². The smallest absolute Gasteiger partial charge is 0.405 e. The van der Waals surface area contributed by atoms with Crippen molar-refractivity contribution >= 4 is 12.0 Å². The van der Waals surface area contributed by atoms with E-state index in [1.807, 2.05) is 41.3 Å². The first-order valence-electron chi connectivity index (χ1n) is 14.7. The molecule has 0 radical (unpaired) electrons. The number of nitrogens with two attached hydrogens (primary N) is 1. The molecule has 1 atom stereocenters. The third kappa shape index (κ3) is 6.27. The van der Waals surface area contributed by atoms with E-state index < -0.39 is 11.7 Å². The van der Waals surface area contributed by atoms with Crippen molar-refractivity contribution in [1.29, 1.82) is 0 Å². The summed E-state index contributed by atoms with van der Waals surface area (Å²) >= 11 is 0. The number of carbonyl (C=O) groups excluding carboxylic acids is 2. The number of hydrogen-bond donors (Lipinski definition) is 1. The van der Waals surface area contributed by atoms with Crippen LogP contribution in [0.5, 0.6) is 17.2 Å². The van der Waals surface area contributed by atoms with Crippen LogP contribution in [0.4, 0.5) is 4.79 Å². The van der Waals surface area contributed by atoms with Crippen molar-refractivity contribution in [2.45, 2.75) is 36.7 Å². The van der Waals surface area contributed by atoms with Crippen LogP contribution in [0.15, 0.2) is 72.8 Å². The van der Waals surface area contributed by atoms with Crippen molar-refractivity contribution in [2.75, 3.05) is 54.1 Å². The quantitative estimate of drug-likeness (QED) is 0.357. The van der Waals surface area contributed by atoms with E-state index in [0.717, 1.165) is 38.0 Å². The van der Waals surface area contributed by atoms with Crippen LogP contribution < -0.4 is 19.9 Å². The van der Waals surface area contributed by atoms with E-state index in [4.69, 9.17) is 24.7 Å². The molecule has 3 aromatic carbocycles. The lowest BCUT2D eigenvalue weighted by Crippen LogP contribution is -2.47. The maximum atomic E-state index is 13.8. The van der Waals surface area contributed by atoms with Crippen LogP contribution in [0, 0.1) is 0 Å². The van der Waals surface area contributed by atoms with E-state index in [0.29, 0.717) is 48.7 Å².